The number of H-pyrrole nitrogens is 1. The van der Waals surface area contributed by atoms with Gasteiger partial charge in [-0.05, 0) is 20.8 Å². The van der Waals surface area contributed by atoms with E-state index in [-0.39, 0.29) is 18.2 Å². The van der Waals surface area contributed by atoms with E-state index in [0.717, 1.165) is 29.9 Å². The summed E-state index contributed by atoms with van der Waals surface area (Å²) in [6.45, 7) is 8.23. The number of hydrogen-bond donors (Lipinski definition) is 1. The van der Waals surface area contributed by atoms with Crippen molar-refractivity contribution < 1.29 is 14.2 Å². The van der Waals surface area contributed by atoms with Gasteiger partial charge >= 0.3 is 0 Å². The minimum atomic E-state index is 0.202. The van der Waals surface area contributed by atoms with E-state index in [0.29, 0.717) is 11.5 Å². The van der Waals surface area contributed by atoms with E-state index in [2.05, 4.69) is 30.7 Å². The van der Waals surface area contributed by atoms with Crippen LogP contribution in [0.4, 0.5) is 0 Å². The van der Waals surface area contributed by atoms with Gasteiger partial charge in [-0.3, -0.25) is 4.90 Å². The van der Waals surface area contributed by atoms with Gasteiger partial charge in [-0.1, -0.05) is 0 Å². The van der Waals surface area contributed by atoms with Gasteiger partial charge in [0.25, 0.3) is 0 Å². The lowest BCUT2D eigenvalue weighted by Gasteiger charge is -2.38. The maximum atomic E-state index is 5.82. The number of hydrogen-bond acceptors (Lipinski definition) is 5. The largest absolute Gasteiger partial charge is 0.493 e. The number of rotatable bonds is 4. The number of nitrogens with zero attached hydrogens (tertiary/aromatic N) is 2. The van der Waals surface area contributed by atoms with Crippen molar-refractivity contribution in [2.24, 2.45) is 0 Å². The number of aromatic amines is 1. The molecule has 0 radical (unpaired) electrons. The molecule has 0 aliphatic carbocycles. The van der Waals surface area contributed by atoms with E-state index < -0.39 is 0 Å². The van der Waals surface area contributed by atoms with Crippen molar-refractivity contribution in [3.05, 3.63) is 18.0 Å². The Labute approximate surface area is 136 Å². The van der Waals surface area contributed by atoms with Gasteiger partial charge in [-0.25, -0.2) is 4.98 Å². The van der Waals surface area contributed by atoms with Crippen molar-refractivity contribution in [2.45, 2.75) is 39.0 Å². The molecule has 6 nitrogen and oxygen atoms in total. The first kappa shape index (κ1) is 16.1. The average molecular weight is 319 g/mol. The third kappa shape index (κ3) is 3.14. The number of methoxy groups -OCH3 is 2. The maximum Gasteiger partial charge on any atom is 0.163 e. The lowest BCUT2D eigenvalue weighted by atomic mass is 10.1. The number of morpholine rings is 1. The summed E-state index contributed by atoms with van der Waals surface area (Å²) in [7, 11) is 3.27. The van der Waals surface area contributed by atoms with Gasteiger partial charge < -0.3 is 19.2 Å². The fourth-order valence-corrected chi connectivity index (χ4v) is 3.26. The molecule has 23 heavy (non-hydrogen) atoms. The molecule has 0 spiro atoms. The Morgan fingerprint density at radius 3 is 2.39 bits per heavy atom. The van der Waals surface area contributed by atoms with Crippen molar-refractivity contribution in [2.75, 3.05) is 27.3 Å². The summed E-state index contributed by atoms with van der Waals surface area (Å²) in [6.07, 6.45) is 0.483. The molecular formula is C17H25N3O3. The van der Waals surface area contributed by atoms with Crippen LogP contribution in [0, 0.1) is 0 Å². The van der Waals surface area contributed by atoms with E-state index in [4.69, 9.17) is 19.2 Å². The monoisotopic (exact) mass is 319 g/mol. The SMILES string of the molecule is COc1cc2nc(C(C)N3CC(C)OC(C)C3)[nH]c2cc1OC. The number of fused-ring (bicyclic) bond motifs is 1. The quantitative estimate of drug-likeness (QED) is 0.939. The smallest absolute Gasteiger partial charge is 0.163 e. The molecule has 6 heteroatoms. The van der Waals surface area contributed by atoms with Crippen LogP contribution in [0.3, 0.4) is 0 Å². The van der Waals surface area contributed by atoms with Crippen LogP contribution in [0.2, 0.25) is 0 Å². The van der Waals surface area contributed by atoms with Crippen LogP contribution in [0.25, 0.3) is 11.0 Å². The minimum absolute atomic E-state index is 0.202. The molecule has 1 aliphatic heterocycles. The van der Waals surface area contributed by atoms with Crippen LogP contribution in [0.1, 0.15) is 32.6 Å². The first-order valence-corrected chi connectivity index (χ1v) is 8.03. The highest BCUT2D eigenvalue weighted by Gasteiger charge is 2.28. The Kier molecular flexibility index (Phi) is 4.46. The van der Waals surface area contributed by atoms with E-state index in [9.17, 15) is 0 Å². The lowest BCUT2D eigenvalue weighted by Crippen LogP contribution is -2.46. The number of ether oxygens (including phenoxy) is 3. The topological polar surface area (TPSA) is 59.6 Å². The van der Waals surface area contributed by atoms with Crippen LogP contribution in [-0.4, -0.2) is 54.4 Å². The van der Waals surface area contributed by atoms with Gasteiger partial charge in [0.05, 0.1) is 43.5 Å². The minimum Gasteiger partial charge on any atom is -0.493 e. The molecular weight excluding hydrogens is 294 g/mol. The second-order valence-electron chi connectivity index (χ2n) is 6.23. The van der Waals surface area contributed by atoms with Crippen molar-refractivity contribution in [1.82, 2.24) is 14.9 Å². The molecule has 2 aromatic rings. The van der Waals surface area contributed by atoms with Gasteiger partial charge in [-0.15, -0.1) is 0 Å². The highest BCUT2D eigenvalue weighted by molar-refractivity contribution is 5.79. The number of benzene rings is 1. The summed E-state index contributed by atoms with van der Waals surface area (Å²) >= 11 is 0. The number of nitrogens with one attached hydrogen (secondary N) is 1. The Morgan fingerprint density at radius 1 is 1.17 bits per heavy atom. The zero-order valence-corrected chi connectivity index (χ0v) is 14.4. The van der Waals surface area contributed by atoms with E-state index in [1.807, 2.05) is 12.1 Å². The lowest BCUT2D eigenvalue weighted by molar-refractivity contribution is -0.0797. The van der Waals surface area contributed by atoms with Gasteiger partial charge in [-0.2, -0.15) is 0 Å². The Hall–Kier alpha value is -1.79. The Balaban J connectivity index is 1.90. The second kappa shape index (κ2) is 6.37. The van der Waals surface area contributed by atoms with E-state index in [1.165, 1.54) is 0 Å². The molecule has 1 aliphatic rings. The van der Waals surface area contributed by atoms with Crippen LogP contribution in [-0.2, 0) is 4.74 Å². The molecule has 0 bridgehead atoms. The summed E-state index contributed by atoms with van der Waals surface area (Å²) < 4.78 is 16.5. The summed E-state index contributed by atoms with van der Waals surface area (Å²) in [5, 5.41) is 0. The highest BCUT2D eigenvalue weighted by atomic mass is 16.5. The fraction of sp³-hybridized carbons (Fsp3) is 0.588. The van der Waals surface area contributed by atoms with Gasteiger partial charge in [0, 0.05) is 25.2 Å². The van der Waals surface area contributed by atoms with Gasteiger partial charge in [0.15, 0.2) is 11.5 Å². The first-order chi connectivity index (χ1) is 11.0. The maximum absolute atomic E-state index is 5.82. The molecule has 1 aromatic carbocycles. The summed E-state index contributed by atoms with van der Waals surface area (Å²) in [6, 6.07) is 4.04. The third-order valence-corrected chi connectivity index (χ3v) is 4.40. The van der Waals surface area contributed by atoms with Crippen LogP contribution in [0.5, 0.6) is 11.5 Å². The fourth-order valence-electron chi connectivity index (χ4n) is 3.26. The van der Waals surface area contributed by atoms with Crippen LogP contribution < -0.4 is 9.47 Å². The van der Waals surface area contributed by atoms with Gasteiger partial charge in [0.1, 0.15) is 5.82 Å². The number of aromatic nitrogens is 2. The molecule has 3 rings (SSSR count). The average Bonchev–Trinajstić information content (AvgIpc) is 2.94. The molecule has 3 unspecified atom stereocenters. The second-order valence-corrected chi connectivity index (χ2v) is 6.23. The first-order valence-electron chi connectivity index (χ1n) is 8.03. The van der Waals surface area contributed by atoms with Crippen molar-refractivity contribution in [3.63, 3.8) is 0 Å². The molecule has 1 saturated heterocycles. The molecule has 0 amide bonds. The molecule has 3 atom stereocenters. The molecule has 2 heterocycles. The predicted octanol–water partition coefficient (Wildman–Crippen LogP) is 2.75. The van der Waals surface area contributed by atoms with Crippen molar-refractivity contribution in [3.8, 4) is 11.5 Å². The molecule has 126 valence electrons. The molecule has 1 aromatic heterocycles. The molecule has 1 fully saturated rings. The van der Waals surface area contributed by atoms with Crippen LogP contribution >= 0.6 is 0 Å². The summed E-state index contributed by atoms with van der Waals surface area (Å²) in [4.78, 5) is 10.6. The molecule has 0 saturated carbocycles. The highest BCUT2D eigenvalue weighted by Crippen LogP contribution is 2.32. The zero-order chi connectivity index (χ0) is 16.6. The van der Waals surface area contributed by atoms with E-state index in [1.54, 1.807) is 14.2 Å². The molecule has 1 N–H and O–H groups in total. The Bertz CT molecular complexity index is 634. The summed E-state index contributed by atoms with van der Waals surface area (Å²) in [5.41, 5.74) is 1.85. The van der Waals surface area contributed by atoms with Crippen molar-refractivity contribution >= 4 is 11.0 Å². The summed E-state index contributed by atoms with van der Waals surface area (Å²) in [5.74, 6) is 2.35. The predicted molar refractivity (Wildman–Crippen MR) is 89.2 cm³/mol. The zero-order valence-electron chi connectivity index (χ0n) is 14.4. The third-order valence-electron chi connectivity index (χ3n) is 4.40. The van der Waals surface area contributed by atoms with Crippen LogP contribution in [0.15, 0.2) is 12.1 Å². The standard InChI is InChI=1S/C17H25N3O3/c1-10-8-20(9-11(2)23-10)12(3)17-18-13-6-15(21-4)16(22-5)7-14(13)19-17/h6-7,10-12H,8-9H2,1-5H3,(H,18,19). The number of imidazole rings is 1. The van der Waals surface area contributed by atoms with Gasteiger partial charge in [0.2, 0.25) is 0 Å². The normalized spacial score (nSPS) is 23.9. The Morgan fingerprint density at radius 2 is 1.78 bits per heavy atom. The van der Waals surface area contributed by atoms with E-state index >= 15 is 0 Å². The van der Waals surface area contributed by atoms with Crippen molar-refractivity contribution in [1.29, 1.82) is 0 Å².